The van der Waals surface area contributed by atoms with Crippen LogP contribution in [0.25, 0.3) is 0 Å². The first kappa shape index (κ1) is 13.2. The molecule has 1 aromatic carbocycles. The van der Waals surface area contributed by atoms with Crippen molar-refractivity contribution in [2.75, 3.05) is 18.9 Å². The Morgan fingerprint density at radius 2 is 2.17 bits per heavy atom. The maximum absolute atomic E-state index is 9.51. The minimum atomic E-state index is -0.211. The zero-order chi connectivity index (χ0) is 13.4. The van der Waals surface area contributed by atoms with Crippen LogP contribution < -0.4 is 11.1 Å². The summed E-state index contributed by atoms with van der Waals surface area (Å²) in [4.78, 5) is 0. The average Bonchev–Trinajstić information content (AvgIpc) is 2.34. The summed E-state index contributed by atoms with van der Waals surface area (Å²) in [5.74, 6) is 0.127. The molecule has 0 spiro atoms. The minimum Gasteiger partial charge on any atom is -0.506 e. The van der Waals surface area contributed by atoms with E-state index in [1.807, 2.05) is 12.1 Å². The molecule has 1 atom stereocenters. The van der Waals surface area contributed by atoms with Crippen molar-refractivity contribution in [1.82, 2.24) is 5.32 Å². The van der Waals surface area contributed by atoms with Gasteiger partial charge < -0.3 is 20.9 Å². The molecule has 0 saturated carbocycles. The second-order valence-corrected chi connectivity index (χ2v) is 5.61. The fourth-order valence-electron chi connectivity index (χ4n) is 2.27. The number of benzene rings is 1. The number of nitrogen functional groups attached to an aromatic ring is 1. The molecule has 0 bridgehead atoms. The van der Waals surface area contributed by atoms with Crippen molar-refractivity contribution in [3.8, 4) is 5.75 Å². The molecule has 1 unspecified atom stereocenters. The molecule has 4 nitrogen and oxygen atoms in total. The van der Waals surface area contributed by atoms with Gasteiger partial charge in [0.2, 0.25) is 0 Å². The molecule has 0 aromatic heterocycles. The van der Waals surface area contributed by atoms with Crippen LogP contribution in [0.1, 0.15) is 32.8 Å². The lowest BCUT2D eigenvalue weighted by atomic mass is 9.85. The van der Waals surface area contributed by atoms with E-state index >= 15 is 0 Å². The number of rotatable bonds is 2. The third kappa shape index (κ3) is 2.31. The van der Waals surface area contributed by atoms with Gasteiger partial charge in [-0.2, -0.15) is 0 Å². The summed E-state index contributed by atoms with van der Waals surface area (Å²) in [5, 5.41) is 13.1. The summed E-state index contributed by atoms with van der Waals surface area (Å²) in [6.07, 6.45) is 0.910. The van der Waals surface area contributed by atoms with E-state index in [-0.39, 0.29) is 16.9 Å². The Labute approximate surface area is 108 Å². The number of phenolic OH excluding ortho intramolecular Hbond substituents is 1. The Hall–Kier alpha value is -1.26. The first-order valence-corrected chi connectivity index (χ1v) is 6.36. The van der Waals surface area contributed by atoms with Gasteiger partial charge in [-0.1, -0.05) is 13.0 Å². The van der Waals surface area contributed by atoms with E-state index in [4.69, 9.17) is 10.5 Å². The molecule has 1 fully saturated rings. The highest BCUT2D eigenvalue weighted by Crippen LogP contribution is 2.34. The highest BCUT2D eigenvalue weighted by atomic mass is 16.5. The summed E-state index contributed by atoms with van der Waals surface area (Å²) >= 11 is 0. The maximum Gasteiger partial charge on any atom is 0.138 e. The summed E-state index contributed by atoms with van der Waals surface area (Å²) < 4.78 is 5.93. The fraction of sp³-hybridized carbons (Fsp3) is 0.571. The molecule has 1 aromatic rings. The smallest absolute Gasteiger partial charge is 0.138 e. The van der Waals surface area contributed by atoms with Gasteiger partial charge in [-0.15, -0.1) is 0 Å². The Morgan fingerprint density at radius 1 is 1.44 bits per heavy atom. The highest BCUT2D eigenvalue weighted by Gasteiger charge is 2.38. The second kappa shape index (κ2) is 4.44. The van der Waals surface area contributed by atoms with Crippen molar-refractivity contribution in [3.05, 3.63) is 23.8 Å². The van der Waals surface area contributed by atoms with Crippen molar-refractivity contribution in [1.29, 1.82) is 0 Å². The van der Waals surface area contributed by atoms with Gasteiger partial charge in [-0.05, 0) is 38.0 Å². The zero-order valence-electron chi connectivity index (χ0n) is 11.3. The van der Waals surface area contributed by atoms with Gasteiger partial charge in [0.1, 0.15) is 5.75 Å². The second-order valence-electron chi connectivity index (χ2n) is 5.61. The monoisotopic (exact) mass is 250 g/mol. The molecular weight excluding hydrogens is 228 g/mol. The summed E-state index contributed by atoms with van der Waals surface area (Å²) in [7, 11) is 0. The highest BCUT2D eigenvalue weighted by molar-refractivity contribution is 5.54. The third-order valence-electron chi connectivity index (χ3n) is 3.75. The summed E-state index contributed by atoms with van der Waals surface area (Å²) in [6, 6.07) is 5.38. The van der Waals surface area contributed by atoms with Gasteiger partial charge in [-0.3, -0.25) is 0 Å². The van der Waals surface area contributed by atoms with Gasteiger partial charge in [0.05, 0.1) is 23.4 Å². The van der Waals surface area contributed by atoms with Gasteiger partial charge in [0.15, 0.2) is 0 Å². The van der Waals surface area contributed by atoms with E-state index in [0.29, 0.717) is 12.3 Å². The van der Waals surface area contributed by atoms with Crippen LogP contribution in [0.5, 0.6) is 5.75 Å². The lowest BCUT2D eigenvalue weighted by molar-refractivity contribution is -0.0904. The van der Waals surface area contributed by atoms with Crippen LogP contribution in [0.15, 0.2) is 18.2 Å². The molecule has 100 valence electrons. The summed E-state index contributed by atoms with van der Waals surface area (Å²) in [6.45, 7) is 7.68. The number of anilines is 1. The topological polar surface area (TPSA) is 67.5 Å². The predicted molar refractivity (Wildman–Crippen MR) is 72.5 cm³/mol. The lowest BCUT2D eigenvalue weighted by Gasteiger charge is -2.44. The zero-order valence-corrected chi connectivity index (χ0v) is 11.3. The van der Waals surface area contributed by atoms with E-state index in [2.05, 4.69) is 26.1 Å². The van der Waals surface area contributed by atoms with Crippen LogP contribution in [-0.4, -0.2) is 23.9 Å². The van der Waals surface area contributed by atoms with Crippen LogP contribution in [0.4, 0.5) is 5.69 Å². The number of aromatic hydroxyl groups is 1. The van der Waals surface area contributed by atoms with Crippen molar-refractivity contribution in [3.63, 3.8) is 0 Å². The quantitative estimate of drug-likeness (QED) is 0.554. The molecule has 1 aliphatic heterocycles. The Kier molecular flexibility index (Phi) is 3.25. The number of hydrogen-bond acceptors (Lipinski definition) is 4. The van der Waals surface area contributed by atoms with E-state index in [0.717, 1.165) is 18.5 Å². The molecule has 1 heterocycles. The van der Waals surface area contributed by atoms with Gasteiger partial charge in [-0.25, -0.2) is 0 Å². The van der Waals surface area contributed by atoms with Crippen LogP contribution in [0.2, 0.25) is 0 Å². The van der Waals surface area contributed by atoms with Crippen molar-refractivity contribution >= 4 is 5.69 Å². The first-order chi connectivity index (χ1) is 8.38. The lowest BCUT2D eigenvalue weighted by Crippen LogP contribution is -2.58. The molecule has 0 amide bonds. The number of phenols is 1. The summed E-state index contributed by atoms with van der Waals surface area (Å²) in [5.41, 5.74) is 6.90. The number of ether oxygens (including phenoxy) is 1. The fourth-order valence-corrected chi connectivity index (χ4v) is 2.27. The van der Waals surface area contributed by atoms with Gasteiger partial charge >= 0.3 is 0 Å². The number of nitrogens with two attached hydrogens (primary N) is 1. The molecule has 1 aliphatic rings. The van der Waals surface area contributed by atoms with E-state index in [1.165, 1.54) is 0 Å². The first-order valence-electron chi connectivity index (χ1n) is 6.36. The van der Waals surface area contributed by atoms with E-state index < -0.39 is 0 Å². The third-order valence-corrected chi connectivity index (χ3v) is 3.75. The Balaban J connectivity index is 2.30. The maximum atomic E-state index is 9.51. The van der Waals surface area contributed by atoms with Crippen LogP contribution in [0, 0.1) is 0 Å². The Bertz CT molecular complexity index is 433. The van der Waals surface area contributed by atoms with E-state index in [1.54, 1.807) is 6.07 Å². The van der Waals surface area contributed by atoms with E-state index in [9.17, 15) is 5.11 Å². The van der Waals surface area contributed by atoms with Crippen LogP contribution >= 0.6 is 0 Å². The number of morpholine rings is 1. The SMILES string of the molecule is CCC1(c2ccc(O)c(N)c2)COC(C)(C)CN1. The molecule has 0 aliphatic carbocycles. The van der Waals surface area contributed by atoms with Crippen molar-refractivity contribution < 1.29 is 9.84 Å². The molecule has 18 heavy (non-hydrogen) atoms. The molecular formula is C14H22N2O2. The predicted octanol–water partition coefficient (Wildman–Crippen LogP) is 1.98. The normalized spacial score (nSPS) is 27.1. The van der Waals surface area contributed by atoms with Gasteiger partial charge in [0.25, 0.3) is 0 Å². The molecule has 2 rings (SSSR count). The number of hydrogen-bond donors (Lipinski definition) is 3. The average molecular weight is 250 g/mol. The van der Waals surface area contributed by atoms with Gasteiger partial charge in [0, 0.05) is 6.54 Å². The number of nitrogens with one attached hydrogen (secondary N) is 1. The van der Waals surface area contributed by atoms with Crippen molar-refractivity contribution in [2.24, 2.45) is 0 Å². The largest absolute Gasteiger partial charge is 0.506 e. The van der Waals surface area contributed by atoms with Crippen LogP contribution in [0.3, 0.4) is 0 Å². The molecule has 1 saturated heterocycles. The molecule has 4 N–H and O–H groups in total. The van der Waals surface area contributed by atoms with Crippen LogP contribution in [-0.2, 0) is 10.3 Å². The molecule has 0 radical (unpaired) electrons. The molecule has 4 heteroatoms. The minimum absolute atomic E-state index is 0.127. The van der Waals surface area contributed by atoms with Crippen molar-refractivity contribution in [2.45, 2.75) is 38.3 Å². The standard InChI is InChI=1S/C14H22N2O2/c1-4-14(9-18-13(2,3)8-16-14)10-5-6-12(17)11(15)7-10/h5-7,16-17H,4,8-9,15H2,1-3H3. The Morgan fingerprint density at radius 3 is 2.67 bits per heavy atom.